The molecule has 0 bridgehead atoms. The standard InChI is InChI=1S/C8H17NO4S/c1-9-4-2-3-7(5-9)8(10)6-14(11,12)13/h7-8,10H,2-6H2,1H3,(H,11,12,13). The molecule has 1 rings (SSSR count). The Labute approximate surface area is 84.5 Å². The Hall–Kier alpha value is -0.170. The van der Waals surface area contributed by atoms with Crippen molar-refractivity contribution in [2.75, 3.05) is 25.9 Å². The van der Waals surface area contributed by atoms with Crippen molar-refractivity contribution in [2.24, 2.45) is 5.92 Å². The zero-order valence-corrected chi connectivity index (χ0v) is 9.07. The van der Waals surface area contributed by atoms with Gasteiger partial charge in [0, 0.05) is 6.54 Å². The maximum atomic E-state index is 10.5. The normalized spacial score (nSPS) is 27.5. The summed E-state index contributed by atoms with van der Waals surface area (Å²) in [6, 6.07) is 0. The van der Waals surface area contributed by atoms with Gasteiger partial charge in [-0.2, -0.15) is 8.42 Å². The number of aliphatic hydroxyl groups is 1. The van der Waals surface area contributed by atoms with Crippen molar-refractivity contribution in [2.45, 2.75) is 18.9 Å². The van der Waals surface area contributed by atoms with Crippen LogP contribution in [0.1, 0.15) is 12.8 Å². The second kappa shape index (κ2) is 4.57. The minimum absolute atomic E-state index is 0.0457. The summed E-state index contributed by atoms with van der Waals surface area (Å²) in [4.78, 5) is 2.06. The fraction of sp³-hybridized carbons (Fsp3) is 1.00. The first-order valence-electron chi connectivity index (χ1n) is 4.70. The zero-order valence-electron chi connectivity index (χ0n) is 8.26. The number of likely N-dealkylation sites (tertiary alicyclic amines) is 1. The highest BCUT2D eigenvalue weighted by molar-refractivity contribution is 7.85. The highest BCUT2D eigenvalue weighted by Gasteiger charge is 2.27. The second-order valence-corrected chi connectivity index (χ2v) is 5.48. The molecule has 84 valence electrons. The number of piperidine rings is 1. The monoisotopic (exact) mass is 223 g/mol. The van der Waals surface area contributed by atoms with Crippen LogP contribution < -0.4 is 0 Å². The lowest BCUT2D eigenvalue weighted by atomic mass is 9.94. The topological polar surface area (TPSA) is 77.8 Å². The van der Waals surface area contributed by atoms with Crippen LogP contribution in [0.3, 0.4) is 0 Å². The first-order chi connectivity index (χ1) is 6.38. The molecule has 2 atom stereocenters. The van der Waals surface area contributed by atoms with E-state index in [0.29, 0.717) is 6.54 Å². The Balaban J connectivity index is 2.47. The van der Waals surface area contributed by atoms with Crippen LogP contribution >= 0.6 is 0 Å². The van der Waals surface area contributed by atoms with Crippen molar-refractivity contribution in [3.8, 4) is 0 Å². The molecule has 1 fully saturated rings. The summed E-state index contributed by atoms with van der Waals surface area (Å²) in [6.45, 7) is 1.67. The summed E-state index contributed by atoms with van der Waals surface area (Å²) in [5, 5.41) is 9.56. The van der Waals surface area contributed by atoms with Crippen molar-refractivity contribution < 1.29 is 18.1 Å². The molecule has 1 aliphatic heterocycles. The number of rotatable bonds is 3. The van der Waals surface area contributed by atoms with Gasteiger partial charge in [-0.3, -0.25) is 4.55 Å². The molecular weight excluding hydrogens is 206 g/mol. The van der Waals surface area contributed by atoms with Gasteiger partial charge >= 0.3 is 0 Å². The molecule has 0 aromatic heterocycles. The maximum Gasteiger partial charge on any atom is 0.267 e. The quantitative estimate of drug-likeness (QED) is 0.635. The van der Waals surface area contributed by atoms with Crippen LogP contribution in [0, 0.1) is 5.92 Å². The molecule has 0 aromatic rings. The van der Waals surface area contributed by atoms with E-state index in [1.165, 1.54) is 0 Å². The summed E-state index contributed by atoms with van der Waals surface area (Å²) >= 11 is 0. The molecule has 0 aromatic carbocycles. The largest absolute Gasteiger partial charge is 0.392 e. The predicted molar refractivity (Wildman–Crippen MR) is 52.6 cm³/mol. The molecule has 0 amide bonds. The van der Waals surface area contributed by atoms with Crippen molar-refractivity contribution in [3.63, 3.8) is 0 Å². The van der Waals surface area contributed by atoms with E-state index in [1.54, 1.807) is 0 Å². The Morgan fingerprint density at radius 1 is 1.57 bits per heavy atom. The van der Waals surface area contributed by atoms with Crippen LogP contribution in [-0.2, 0) is 10.1 Å². The van der Waals surface area contributed by atoms with E-state index in [9.17, 15) is 13.5 Å². The van der Waals surface area contributed by atoms with Gasteiger partial charge in [0.1, 0.15) is 5.75 Å². The van der Waals surface area contributed by atoms with Gasteiger partial charge < -0.3 is 10.0 Å². The number of aliphatic hydroxyl groups excluding tert-OH is 1. The van der Waals surface area contributed by atoms with Gasteiger partial charge in [-0.1, -0.05) is 0 Å². The number of hydrogen-bond acceptors (Lipinski definition) is 4. The van der Waals surface area contributed by atoms with Crippen molar-refractivity contribution >= 4 is 10.1 Å². The van der Waals surface area contributed by atoms with Gasteiger partial charge in [0.25, 0.3) is 10.1 Å². The third-order valence-electron chi connectivity index (χ3n) is 2.59. The molecule has 0 spiro atoms. The second-order valence-electron chi connectivity index (χ2n) is 3.98. The minimum atomic E-state index is -4.06. The van der Waals surface area contributed by atoms with Crippen LogP contribution in [0.15, 0.2) is 0 Å². The lowest BCUT2D eigenvalue weighted by Gasteiger charge is -2.32. The predicted octanol–water partition coefficient (Wildman–Crippen LogP) is -0.423. The highest BCUT2D eigenvalue weighted by atomic mass is 32.2. The van der Waals surface area contributed by atoms with E-state index < -0.39 is 22.0 Å². The van der Waals surface area contributed by atoms with Crippen LogP contribution in [0.25, 0.3) is 0 Å². The van der Waals surface area contributed by atoms with Crippen molar-refractivity contribution in [3.05, 3.63) is 0 Å². The third-order valence-corrected chi connectivity index (χ3v) is 3.35. The summed E-state index contributed by atoms with van der Waals surface area (Å²) in [6.07, 6.45) is 0.831. The Kier molecular flexibility index (Phi) is 3.88. The first-order valence-corrected chi connectivity index (χ1v) is 6.31. The molecule has 1 heterocycles. The van der Waals surface area contributed by atoms with Crippen molar-refractivity contribution in [1.29, 1.82) is 0 Å². The van der Waals surface area contributed by atoms with E-state index in [1.807, 2.05) is 7.05 Å². The Morgan fingerprint density at radius 3 is 2.71 bits per heavy atom. The summed E-state index contributed by atoms with van der Waals surface area (Å²) in [5.74, 6) is -0.596. The minimum Gasteiger partial charge on any atom is -0.392 e. The molecule has 0 aliphatic carbocycles. The van der Waals surface area contributed by atoms with Crippen LogP contribution in [-0.4, -0.2) is 55.0 Å². The summed E-state index contributed by atoms with van der Waals surface area (Å²) < 4.78 is 29.7. The lowest BCUT2D eigenvalue weighted by Crippen LogP contribution is -2.40. The fourth-order valence-electron chi connectivity index (χ4n) is 1.87. The van der Waals surface area contributed by atoms with E-state index in [-0.39, 0.29) is 5.92 Å². The van der Waals surface area contributed by atoms with Crippen LogP contribution in [0.2, 0.25) is 0 Å². The van der Waals surface area contributed by atoms with Gasteiger partial charge in [0.05, 0.1) is 6.10 Å². The lowest BCUT2D eigenvalue weighted by molar-refractivity contribution is 0.0738. The molecule has 2 N–H and O–H groups in total. The molecule has 1 saturated heterocycles. The molecule has 5 nitrogen and oxygen atoms in total. The van der Waals surface area contributed by atoms with Gasteiger partial charge in [-0.25, -0.2) is 0 Å². The zero-order chi connectivity index (χ0) is 10.8. The maximum absolute atomic E-state index is 10.5. The van der Waals surface area contributed by atoms with E-state index in [2.05, 4.69) is 4.90 Å². The number of hydrogen-bond donors (Lipinski definition) is 2. The van der Waals surface area contributed by atoms with Gasteiger partial charge in [0.15, 0.2) is 0 Å². The van der Waals surface area contributed by atoms with Gasteiger partial charge in [0.2, 0.25) is 0 Å². The summed E-state index contributed by atoms with van der Waals surface area (Å²) in [5.41, 5.74) is 0. The molecule has 0 radical (unpaired) electrons. The third kappa shape index (κ3) is 3.91. The van der Waals surface area contributed by atoms with E-state index in [4.69, 9.17) is 4.55 Å². The molecule has 0 saturated carbocycles. The van der Waals surface area contributed by atoms with E-state index in [0.717, 1.165) is 19.4 Å². The fourth-order valence-corrected chi connectivity index (χ4v) is 2.58. The SMILES string of the molecule is CN1CCCC(C(O)CS(=O)(=O)O)C1. The smallest absolute Gasteiger partial charge is 0.267 e. The molecule has 2 unspecified atom stereocenters. The Bertz CT molecular complexity index is 277. The summed E-state index contributed by atoms with van der Waals surface area (Å²) in [7, 11) is -2.12. The molecule has 14 heavy (non-hydrogen) atoms. The molecule has 1 aliphatic rings. The molecular formula is C8H17NO4S. The molecule has 6 heteroatoms. The van der Waals surface area contributed by atoms with Crippen LogP contribution in [0.4, 0.5) is 0 Å². The Morgan fingerprint density at radius 2 is 2.21 bits per heavy atom. The van der Waals surface area contributed by atoms with Gasteiger partial charge in [-0.05, 0) is 32.4 Å². The van der Waals surface area contributed by atoms with Crippen LogP contribution in [0.5, 0.6) is 0 Å². The average molecular weight is 223 g/mol. The van der Waals surface area contributed by atoms with Gasteiger partial charge in [-0.15, -0.1) is 0 Å². The van der Waals surface area contributed by atoms with E-state index >= 15 is 0 Å². The average Bonchev–Trinajstić information content (AvgIpc) is 2.01. The first kappa shape index (κ1) is 11.9. The number of nitrogens with zero attached hydrogens (tertiary/aromatic N) is 1. The highest BCUT2D eigenvalue weighted by Crippen LogP contribution is 2.19. The van der Waals surface area contributed by atoms with Crippen molar-refractivity contribution in [1.82, 2.24) is 4.90 Å².